The van der Waals surface area contributed by atoms with Crippen LogP contribution in [0.2, 0.25) is 0 Å². The maximum atomic E-state index is 13.2. The highest BCUT2D eigenvalue weighted by Gasteiger charge is 2.30. The first-order valence-corrected chi connectivity index (χ1v) is 11.4. The number of benzene rings is 3. The number of alkyl halides is 3. The molecule has 0 radical (unpaired) electrons. The standard InChI is InChI=1S/C28H20F4N2O3/c29-22-10-6-18(7-11-22)27(36)34-13-12-24-20(16-34)15-25(37-24)19-2-1-3-23(14-19)33-26(35)17-4-8-21(9-5-17)28(30,31)32/h1-11,14-15H,12-13,16H2,(H,33,35). The van der Waals surface area contributed by atoms with E-state index in [1.54, 1.807) is 29.2 Å². The smallest absolute Gasteiger partial charge is 0.416 e. The summed E-state index contributed by atoms with van der Waals surface area (Å²) in [5, 5.41) is 2.69. The van der Waals surface area contributed by atoms with Crippen molar-refractivity contribution in [2.24, 2.45) is 0 Å². The van der Waals surface area contributed by atoms with Crippen molar-refractivity contribution in [3.63, 3.8) is 0 Å². The van der Waals surface area contributed by atoms with Crippen LogP contribution in [0, 0.1) is 5.82 Å². The molecule has 0 unspecified atom stereocenters. The Bertz CT molecular complexity index is 1460. The van der Waals surface area contributed by atoms with Crippen LogP contribution in [0.5, 0.6) is 0 Å². The molecule has 1 aromatic heterocycles. The summed E-state index contributed by atoms with van der Waals surface area (Å²) in [6.45, 7) is 0.804. The van der Waals surface area contributed by atoms with Crippen LogP contribution in [0.25, 0.3) is 11.3 Å². The summed E-state index contributed by atoms with van der Waals surface area (Å²) < 4.78 is 57.5. The van der Waals surface area contributed by atoms with E-state index in [9.17, 15) is 27.2 Å². The van der Waals surface area contributed by atoms with Gasteiger partial charge in [0.1, 0.15) is 17.3 Å². The number of rotatable bonds is 4. The molecule has 0 bridgehead atoms. The van der Waals surface area contributed by atoms with Gasteiger partial charge >= 0.3 is 6.18 Å². The van der Waals surface area contributed by atoms with Crippen molar-refractivity contribution in [3.05, 3.63) is 113 Å². The molecule has 3 aromatic carbocycles. The molecule has 188 valence electrons. The zero-order valence-electron chi connectivity index (χ0n) is 19.3. The van der Waals surface area contributed by atoms with Crippen LogP contribution in [0.4, 0.5) is 23.2 Å². The Morgan fingerprint density at radius 1 is 0.892 bits per heavy atom. The fourth-order valence-electron chi connectivity index (χ4n) is 4.19. The van der Waals surface area contributed by atoms with Gasteiger partial charge in [-0.1, -0.05) is 12.1 Å². The monoisotopic (exact) mass is 508 g/mol. The summed E-state index contributed by atoms with van der Waals surface area (Å²) in [6, 6.07) is 18.1. The summed E-state index contributed by atoms with van der Waals surface area (Å²) in [6.07, 6.45) is -3.95. The normalized spacial score (nSPS) is 13.2. The zero-order valence-corrected chi connectivity index (χ0v) is 19.3. The van der Waals surface area contributed by atoms with Crippen molar-refractivity contribution in [2.75, 3.05) is 11.9 Å². The van der Waals surface area contributed by atoms with Crippen molar-refractivity contribution in [1.29, 1.82) is 0 Å². The molecule has 0 fully saturated rings. The Morgan fingerprint density at radius 2 is 1.59 bits per heavy atom. The van der Waals surface area contributed by atoms with Crippen LogP contribution in [-0.2, 0) is 19.1 Å². The fraction of sp³-hybridized carbons (Fsp3) is 0.143. The van der Waals surface area contributed by atoms with Gasteiger partial charge in [0.05, 0.1) is 5.56 Å². The number of carbonyl (C=O) groups excluding carboxylic acids is 2. The maximum Gasteiger partial charge on any atom is 0.416 e. The highest BCUT2D eigenvalue weighted by atomic mass is 19.4. The molecule has 1 aliphatic rings. The van der Waals surface area contributed by atoms with E-state index in [2.05, 4.69) is 5.32 Å². The number of amides is 2. The topological polar surface area (TPSA) is 62.6 Å². The number of nitrogens with one attached hydrogen (secondary N) is 1. The summed E-state index contributed by atoms with van der Waals surface area (Å²) in [5.41, 5.74) is 1.67. The van der Waals surface area contributed by atoms with E-state index in [1.165, 1.54) is 24.3 Å². The van der Waals surface area contributed by atoms with Gasteiger partial charge in [-0.05, 0) is 66.7 Å². The molecule has 0 aliphatic carbocycles. The molecule has 0 spiro atoms. The Labute approximate surface area is 209 Å². The highest BCUT2D eigenvalue weighted by Crippen LogP contribution is 2.32. The van der Waals surface area contributed by atoms with Gasteiger partial charge in [0, 0.05) is 47.5 Å². The molecule has 0 saturated heterocycles. The number of nitrogens with zero attached hydrogens (tertiary/aromatic N) is 1. The first kappa shape index (κ1) is 24.3. The fourth-order valence-corrected chi connectivity index (χ4v) is 4.19. The van der Waals surface area contributed by atoms with Crippen molar-refractivity contribution < 1.29 is 31.6 Å². The van der Waals surface area contributed by atoms with Crippen LogP contribution in [0.15, 0.2) is 83.3 Å². The van der Waals surface area contributed by atoms with Gasteiger partial charge in [-0.3, -0.25) is 9.59 Å². The van der Waals surface area contributed by atoms with E-state index >= 15 is 0 Å². The second-order valence-corrected chi connectivity index (χ2v) is 8.65. The zero-order chi connectivity index (χ0) is 26.2. The summed E-state index contributed by atoms with van der Waals surface area (Å²) in [7, 11) is 0. The van der Waals surface area contributed by atoms with Crippen molar-refractivity contribution in [3.8, 4) is 11.3 Å². The van der Waals surface area contributed by atoms with Gasteiger partial charge < -0.3 is 14.6 Å². The largest absolute Gasteiger partial charge is 0.461 e. The lowest BCUT2D eigenvalue weighted by Crippen LogP contribution is -2.35. The van der Waals surface area contributed by atoms with Gasteiger partial charge in [0.25, 0.3) is 11.8 Å². The Hall–Kier alpha value is -4.40. The first-order valence-electron chi connectivity index (χ1n) is 11.4. The lowest BCUT2D eigenvalue weighted by atomic mass is 10.1. The molecule has 1 N–H and O–H groups in total. The molecule has 5 rings (SSSR count). The second-order valence-electron chi connectivity index (χ2n) is 8.65. The molecule has 0 saturated carbocycles. The number of hydrogen-bond donors (Lipinski definition) is 1. The lowest BCUT2D eigenvalue weighted by Gasteiger charge is -2.26. The first-order chi connectivity index (χ1) is 17.7. The molecule has 1 aliphatic heterocycles. The van der Waals surface area contributed by atoms with Crippen molar-refractivity contribution >= 4 is 17.5 Å². The average Bonchev–Trinajstić information content (AvgIpc) is 3.32. The Kier molecular flexibility index (Phi) is 6.29. The predicted molar refractivity (Wildman–Crippen MR) is 128 cm³/mol. The van der Waals surface area contributed by atoms with E-state index < -0.39 is 23.5 Å². The Balaban J connectivity index is 1.29. The molecule has 9 heteroatoms. The van der Waals surface area contributed by atoms with E-state index in [1.807, 2.05) is 6.07 Å². The molecular formula is C28H20F4N2O3. The number of furan rings is 1. The number of carbonyl (C=O) groups is 2. The minimum atomic E-state index is -4.48. The van der Waals surface area contributed by atoms with Gasteiger partial charge in [0.2, 0.25) is 0 Å². The van der Waals surface area contributed by atoms with Gasteiger partial charge in [0.15, 0.2) is 0 Å². The highest BCUT2D eigenvalue weighted by molar-refractivity contribution is 6.04. The van der Waals surface area contributed by atoms with Crippen LogP contribution in [-0.4, -0.2) is 23.3 Å². The second kappa shape index (κ2) is 9.57. The predicted octanol–water partition coefficient (Wildman–Crippen LogP) is 6.56. The molecular weight excluding hydrogens is 488 g/mol. The number of halogens is 4. The number of fused-ring (bicyclic) bond motifs is 1. The van der Waals surface area contributed by atoms with Gasteiger partial charge in [-0.2, -0.15) is 13.2 Å². The molecule has 2 amide bonds. The van der Waals surface area contributed by atoms with E-state index in [-0.39, 0.29) is 11.5 Å². The van der Waals surface area contributed by atoms with Gasteiger partial charge in [-0.15, -0.1) is 0 Å². The molecule has 5 nitrogen and oxygen atoms in total. The summed E-state index contributed by atoms with van der Waals surface area (Å²) >= 11 is 0. The maximum absolute atomic E-state index is 13.2. The Morgan fingerprint density at radius 3 is 2.30 bits per heavy atom. The average molecular weight is 508 g/mol. The molecule has 0 atom stereocenters. The van der Waals surface area contributed by atoms with Crippen molar-refractivity contribution in [2.45, 2.75) is 19.1 Å². The lowest BCUT2D eigenvalue weighted by molar-refractivity contribution is -0.137. The number of anilines is 1. The van der Waals surface area contributed by atoms with Crippen LogP contribution in [0.1, 0.15) is 37.6 Å². The quantitative estimate of drug-likeness (QED) is 0.318. The van der Waals surface area contributed by atoms with Crippen LogP contribution >= 0.6 is 0 Å². The van der Waals surface area contributed by atoms with Crippen LogP contribution < -0.4 is 5.32 Å². The molecule has 4 aromatic rings. The third-order valence-electron chi connectivity index (χ3n) is 6.12. The van der Waals surface area contributed by atoms with E-state index in [4.69, 9.17) is 4.42 Å². The summed E-state index contributed by atoms with van der Waals surface area (Å²) in [5.74, 6) is 0.180. The molecule has 2 heterocycles. The minimum absolute atomic E-state index is 0.0952. The van der Waals surface area contributed by atoms with Crippen LogP contribution in [0.3, 0.4) is 0 Å². The SMILES string of the molecule is O=C(Nc1cccc(-c2cc3c(o2)CCN(C(=O)c2ccc(F)cc2)C3)c1)c1ccc(C(F)(F)F)cc1. The van der Waals surface area contributed by atoms with Crippen molar-refractivity contribution in [1.82, 2.24) is 4.90 Å². The molecule has 37 heavy (non-hydrogen) atoms. The van der Waals surface area contributed by atoms with E-state index in [0.717, 1.165) is 35.6 Å². The van der Waals surface area contributed by atoms with E-state index in [0.29, 0.717) is 42.1 Å². The minimum Gasteiger partial charge on any atom is -0.461 e. The summed E-state index contributed by atoms with van der Waals surface area (Å²) in [4.78, 5) is 27.0. The number of hydrogen-bond acceptors (Lipinski definition) is 3. The third-order valence-corrected chi connectivity index (χ3v) is 6.12. The van der Waals surface area contributed by atoms with Gasteiger partial charge in [-0.25, -0.2) is 4.39 Å². The third kappa shape index (κ3) is 5.25.